The van der Waals surface area contributed by atoms with Gasteiger partial charge in [-0.25, -0.2) is 0 Å². The van der Waals surface area contributed by atoms with E-state index in [-0.39, 0.29) is 0 Å². The van der Waals surface area contributed by atoms with Gasteiger partial charge in [-0.2, -0.15) is 0 Å². The Kier molecular flexibility index (Phi) is 6.28. The molecular weight excluding hydrogens is 506 g/mol. The van der Waals surface area contributed by atoms with E-state index in [0.717, 1.165) is 22.1 Å². The van der Waals surface area contributed by atoms with E-state index in [1.807, 2.05) is 12.1 Å². The summed E-state index contributed by atoms with van der Waals surface area (Å²) in [4.78, 5) is 2.27. The van der Waals surface area contributed by atoms with Gasteiger partial charge in [0, 0.05) is 22.1 Å². The van der Waals surface area contributed by atoms with Gasteiger partial charge in [0.2, 0.25) is 0 Å². The van der Waals surface area contributed by atoms with E-state index in [4.69, 9.17) is 11.6 Å². The summed E-state index contributed by atoms with van der Waals surface area (Å²) in [6, 6.07) is 55.7. The topological polar surface area (TPSA) is 3.24 Å². The van der Waals surface area contributed by atoms with Crippen molar-refractivity contribution in [1.82, 2.24) is 0 Å². The molecule has 1 nitrogen and oxygen atoms in total. The Balaban J connectivity index is 1.29. The number of hydrogen-bond acceptors (Lipinski definition) is 1. The molecule has 0 amide bonds. The van der Waals surface area contributed by atoms with Gasteiger partial charge in [0.15, 0.2) is 0 Å². The van der Waals surface area contributed by atoms with Crippen molar-refractivity contribution in [2.45, 2.75) is 0 Å². The second-order valence-electron chi connectivity index (χ2n) is 9.96. The van der Waals surface area contributed by atoms with Gasteiger partial charge in [0.25, 0.3) is 0 Å². The fraction of sp³-hybridized carbons (Fsp3) is 0. The minimum Gasteiger partial charge on any atom is -0.311 e. The third kappa shape index (κ3) is 4.51. The third-order valence-electron chi connectivity index (χ3n) is 7.54. The monoisotopic (exact) mass is 531 g/mol. The minimum atomic E-state index is 0.723. The minimum absolute atomic E-state index is 0.723. The normalized spacial score (nSPS) is 11.1. The molecule has 0 fully saturated rings. The molecule has 7 rings (SSSR count). The summed E-state index contributed by atoms with van der Waals surface area (Å²) in [6.07, 6.45) is 0. The van der Waals surface area contributed by atoms with Gasteiger partial charge in [-0.3, -0.25) is 0 Å². The fourth-order valence-corrected chi connectivity index (χ4v) is 5.70. The lowest BCUT2D eigenvalue weighted by atomic mass is 9.97. The Hall–Kier alpha value is -4.85. The highest BCUT2D eigenvalue weighted by Gasteiger charge is 2.14. The second kappa shape index (κ2) is 10.4. The fourth-order valence-electron chi connectivity index (χ4n) is 5.57. The average Bonchev–Trinajstić information content (AvgIpc) is 3.02. The van der Waals surface area contributed by atoms with Crippen LogP contribution in [-0.2, 0) is 0 Å². The largest absolute Gasteiger partial charge is 0.311 e. The molecule has 0 aromatic heterocycles. The molecule has 0 spiro atoms. The average molecular weight is 532 g/mol. The lowest BCUT2D eigenvalue weighted by molar-refractivity contribution is 1.28. The van der Waals surface area contributed by atoms with Crippen LogP contribution >= 0.6 is 11.6 Å². The van der Waals surface area contributed by atoms with Crippen molar-refractivity contribution in [3.63, 3.8) is 0 Å². The number of nitrogens with zero attached hydrogens (tertiary/aromatic N) is 1. The maximum Gasteiger partial charge on any atom is 0.0462 e. The van der Waals surface area contributed by atoms with Crippen LogP contribution < -0.4 is 4.90 Å². The number of rotatable bonds is 5. The van der Waals surface area contributed by atoms with E-state index < -0.39 is 0 Å². The molecule has 0 bridgehead atoms. The van der Waals surface area contributed by atoms with E-state index in [0.29, 0.717) is 0 Å². The van der Waals surface area contributed by atoms with Gasteiger partial charge in [-0.1, -0.05) is 121 Å². The third-order valence-corrected chi connectivity index (χ3v) is 7.79. The highest BCUT2D eigenvalue weighted by Crippen LogP contribution is 2.38. The molecular formula is C38H26ClN. The first-order chi connectivity index (χ1) is 19.7. The Labute approximate surface area is 239 Å². The van der Waals surface area contributed by atoms with Crippen LogP contribution in [0, 0.1) is 0 Å². The Bertz CT molecular complexity index is 1810. The lowest BCUT2D eigenvalue weighted by Gasteiger charge is -2.26. The number of fused-ring (bicyclic) bond motifs is 2. The Morgan fingerprint density at radius 3 is 1.18 bits per heavy atom. The van der Waals surface area contributed by atoms with Crippen molar-refractivity contribution in [3.8, 4) is 22.3 Å². The van der Waals surface area contributed by atoms with E-state index in [1.54, 1.807) is 0 Å². The van der Waals surface area contributed by atoms with Crippen LogP contribution in [0.5, 0.6) is 0 Å². The molecule has 40 heavy (non-hydrogen) atoms. The summed E-state index contributed by atoms with van der Waals surface area (Å²) in [7, 11) is 0. The predicted octanol–water partition coefficient (Wildman–Crippen LogP) is 11.5. The molecule has 0 atom stereocenters. The Morgan fingerprint density at radius 2 is 0.725 bits per heavy atom. The summed E-state index contributed by atoms with van der Waals surface area (Å²) in [5, 5.41) is 5.74. The molecule has 0 heterocycles. The molecule has 0 aliphatic heterocycles. The first-order valence-corrected chi connectivity index (χ1v) is 13.8. The van der Waals surface area contributed by atoms with Gasteiger partial charge in [0.05, 0.1) is 0 Å². The molecule has 0 radical (unpaired) electrons. The van der Waals surface area contributed by atoms with Gasteiger partial charge in [0.1, 0.15) is 0 Å². The van der Waals surface area contributed by atoms with Gasteiger partial charge in [-0.05, 0) is 92.3 Å². The van der Waals surface area contributed by atoms with E-state index in [9.17, 15) is 0 Å². The van der Waals surface area contributed by atoms with Crippen molar-refractivity contribution in [1.29, 1.82) is 0 Å². The van der Waals surface area contributed by atoms with Crippen molar-refractivity contribution < 1.29 is 0 Å². The van der Waals surface area contributed by atoms with E-state index in [2.05, 4.69) is 150 Å². The molecule has 0 saturated carbocycles. The summed E-state index contributed by atoms with van der Waals surface area (Å²) in [6.45, 7) is 0. The zero-order valence-corrected chi connectivity index (χ0v) is 22.6. The highest BCUT2D eigenvalue weighted by atomic mass is 35.5. The molecule has 0 aliphatic rings. The van der Waals surface area contributed by atoms with Crippen LogP contribution in [-0.4, -0.2) is 0 Å². The van der Waals surface area contributed by atoms with Gasteiger partial charge in [-0.15, -0.1) is 0 Å². The molecule has 0 saturated heterocycles. The molecule has 0 unspecified atom stereocenters. The predicted molar refractivity (Wildman–Crippen MR) is 172 cm³/mol. The highest BCUT2D eigenvalue weighted by molar-refractivity contribution is 6.30. The summed E-state index contributed by atoms with van der Waals surface area (Å²) < 4.78 is 0. The van der Waals surface area contributed by atoms with E-state index in [1.165, 1.54) is 43.8 Å². The van der Waals surface area contributed by atoms with Crippen molar-refractivity contribution >= 4 is 50.2 Å². The SMILES string of the molecule is Clc1ccc(N(c2ccc(-c3cccc4ccccc34)cc2)c2ccc(-c3cccc4ccccc34)cc2)cc1. The standard InChI is InChI=1S/C38H26ClN/c39-31-19-25-34(26-20-31)40(32-21-15-29(16-22-32)37-13-5-9-27-7-1-3-11-35(27)37)33-23-17-30(18-24-33)38-14-6-10-28-8-2-4-12-36(28)38/h1-26H. The van der Waals surface area contributed by atoms with Gasteiger partial charge < -0.3 is 4.90 Å². The summed E-state index contributed by atoms with van der Waals surface area (Å²) >= 11 is 6.26. The molecule has 190 valence electrons. The molecule has 0 N–H and O–H groups in total. The van der Waals surface area contributed by atoms with E-state index >= 15 is 0 Å². The van der Waals surface area contributed by atoms with Crippen LogP contribution in [0.25, 0.3) is 43.8 Å². The van der Waals surface area contributed by atoms with Crippen LogP contribution in [0.4, 0.5) is 17.1 Å². The number of anilines is 3. The molecule has 0 aliphatic carbocycles. The van der Waals surface area contributed by atoms with Crippen LogP contribution in [0.2, 0.25) is 5.02 Å². The second-order valence-corrected chi connectivity index (χ2v) is 10.4. The quantitative estimate of drug-likeness (QED) is 0.213. The maximum atomic E-state index is 6.26. The molecule has 7 aromatic carbocycles. The zero-order valence-electron chi connectivity index (χ0n) is 21.8. The van der Waals surface area contributed by atoms with Crippen LogP contribution in [0.1, 0.15) is 0 Å². The first kappa shape index (κ1) is 24.2. The number of halogens is 1. The van der Waals surface area contributed by atoms with Crippen molar-refractivity contribution in [2.75, 3.05) is 4.90 Å². The first-order valence-electron chi connectivity index (χ1n) is 13.5. The summed E-state index contributed by atoms with van der Waals surface area (Å²) in [5.74, 6) is 0. The smallest absolute Gasteiger partial charge is 0.0462 e. The van der Waals surface area contributed by atoms with Crippen LogP contribution in [0.15, 0.2) is 158 Å². The zero-order chi connectivity index (χ0) is 26.9. The maximum absolute atomic E-state index is 6.26. The van der Waals surface area contributed by atoms with Crippen molar-refractivity contribution in [3.05, 3.63) is 163 Å². The molecule has 2 heteroatoms. The molecule has 7 aromatic rings. The number of benzene rings is 7. The van der Waals surface area contributed by atoms with Gasteiger partial charge >= 0.3 is 0 Å². The summed E-state index contributed by atoms with van der Waals surface area (Å²) in [5.41, 5.74) is 8.10. The number of hydrogen-bond donors (Lipinski definition) is 0. The van der Waals surface area contributed by atoms with Crippen LogP contribution in [0.3, 0.4) is 0 Å². The lowest BCUT2D eigenvalue weighted by Crippen LogP contribution is -2.09. The Morgan fingerprint density at radius 1 is 0.350 bits per heavy atom. The van der Waals surface area contributed by atoms with Crippen molar-refractivity contribution in [2.24, 2.45) is 0 Å².